The number of carbonyl (C=O) groups excluding carboxylic acids is 1. The van der Waals surface area contributed by atoms with Gasteiger partial charge in [0.2, 0.25) is 0 Å². The number of anilines is 3. The molecule has 2 heterocycles. The van der Waals surface area contributed by atoms with Gasteiger partial charge in [0, 0.05) is 25.2 Å². The fourth-order valence-corrected chi connectivity index (χ4v) is 3.45. The summed E-state index contributed by atoms with van der Waals surface area (Å²) in [4.78, 5) is 25.1. The summed E-state index contributed by atoms with van der Waals surface area (Å²) in [5.74, 6) is 0.123. The molecule has 10 heteroatoms. The summed E-state index contributed by atoms with van der Waals surface area (Å²) in [6.45, 7) is 1.27. The van der Waals surface area contributed by atoms with Crippen molar-refractivity contribution in [2.75, 3.05) is 44.4 Å². The molecular formula is C18H20ClFN6OS. The van der Waals surface area contributed by atoms with E-state index in [1.54, 1.807) is 36.2 Å². The third-order valence-electron chi connectivity index (χ3n) is 3.92. The average molecular weight is 423 g/mol. The van der Waals surface area contributed by atoms with Crippen molar-refractivity contribution >= 4 is 56.0 Å². The monoisotopic (exact) mass is 422 g/mol. The Balaban J connectivity index is 1.74. The van der Waals surface area contributed by atoms with Gasteiger partial charge in [-0.1, -0.05) is 22.9 Å². The number of amides is 2. The lowest BCUT2D eigenvalue weighted by Gasteiger charge is -2.18. The van der Waals surface area contributed by atoms with E-state index in [1.165, 1.54) is 17.4 Å². The number of nitrogens with zero attached hydrogens (tertiary/aromatic N) is 4. The summed E-state index contributed by atoms with van der Waals surface area (Å²) in [5, 5.41) is 6.25. The maximum atomic E-state index is 14.2. The molecule has 0 aliphatic carbocycles. The first-order chi connectivity index (χ1) is 13.3. The SMILES string of the molecule is CN(C)CCNC(=O)Nc1nc2ccc(N(C)c3ccc(Cl)cc3F)nc2s1. The molecular weight excluding hydrogens is 403 g/mol. The van der Waals surface area contributed by atoms with Crippen molar-refractivity contribution in [2.24, 2.45) is 0 Å². The third kappa shape index (κ3) is 4.86. The molecule has 0 radical (unpaired) electrons. The van der Waals surface area contributed by atoms with Gasteiger partial charge in [0.05, 0.1) is 5.69 Å². The number of benzene rings is 1. The van der Waals surface area contributed by atoms with Crippen LogP contribution in [0.15, 0.2) is 30.3 Å². The number of nitrogens with one attached hydrogen (secondary N) is 2. The number of halogens is 2. The van der Waals surface area contributed by atoms with Crippen LogP contribution in [-0.4, -0.2) is 55.1 Å². The van der Waals surface area contributed by atoms with E-state index in [4.69, 9.17) is 11.6 Å². The molecule has 2 aromatic heterocycles. The standard InChI is InChI=1S/C18H20ClFN6OS/c1-25(2)9-8-21-17(27)24-18-22-13-5-7-15(23-16(13)28-18)26(3)14-6-4-11(19)10-12(14)20/h4-7,10H,8-9H2,1-3H3,(H2,21,22,24,27). The molecule has 0 spiro atoms. The van der Waals surface area contributed by atoms with Gasteiger partial charge in [-0.15, -0.1) is 0 Å². The number of likely N-dealkylation sites (N-methyl/N-ethyl adjacent to an activating group) is 1. The van der Waals surface area contributed by atoms with Gasteiger partial charge in [-0.2, -0.15) is 0 Å². The van der Waals surface area contributed by atoms with Crippen molar-refractivity contribution in [3.05, 3.63) is 41.2 Å². The predicted molar refractivity (Wildman–Crippen MR) is 112 cm³/mol. The van der Waals surface area contributed by atoms with Crippen LogP contribution in [0.5, 0.6) is 0 Å². The van der Waals surface area contributed by atoms with E-state index in [0.29, 0.717) is 38.6 Å². The van der Waals surface area contributed by atoms with Crippen molar-refractivity contribution in [1.82, 2.24) is 20.2 Å². The Morgan fingerprint density at radius 3 is 2.71 bits per heavy atom. The van der Waals surface area contributed by atoms with Crippen LogP contribution in [-0.2, 0) is 0 Å². The van der Waals surface area contributed by atoms with Gasteiger partial charge in [0.15, 0.2) is 5.13 Å². The number of hydrogen-bond donors (Lipinski definition) is 2. The molecule has 2 amide bonds. The molecule has 0 atom stereocenters. The van der Waals surface area contributed by atoms with Gasteiger partial charge in [0.1, 0.15) is 22.0 Å². The minimum atomic E-state index is -0.432. The Kier molecular flexibility index (Phi) is 6.28. The molecule has 0 fully saturated rings. The van der Waals surface area contributed by atoms with E-state index in [0.717, 1.165) is 6.54 Å². The van der Waals surface area contributed by atoms with Crippen molar-refractivity contribution < 1.29 is 9.18 Å². The largest absolute Gasteiger partial charge is 0.337 e. The van der Waals surface area contributed by atoms with Crippen LogP contribution >= 0.6 is 22.9 Å². The highest BCUT2D eigenvalue weighted by atomic mass is 35.5. The highest BCUT2D eigenvalue weighted by molar-refractivity contribution is 7.22. The van der Waals surface area contributed by atoms with E-state index in [9.17, 15) is 9.18 Å². The van der Waals surface area contributed by atoms with E-state index in [-0.39, 0.29) is 6.03 Å². The average Bonchev–Trinajstić information content (AvgIpc) is 3.02. The van der Waals surface area contributed by atoms with E-state index < -0.39 is 5.82 Å². The first-order valence-electron chi connectivity index (χ1n) is 8.49. The fraction of sp³-hybridized carbons (Fsp3) is 0.278. The summed E-state index contributed by atoms with van der Waals surface area (Å²) >= 11 is 7.07. The molecule has 0 unspecified atom stereocenters. The molecule has 148 valence electrons. The maximum absolute atomic E-state index is 14.2. The van der Waals surface area contributed by atoms with Crippen LogP contribution < -0.4 is 15.5 Å². The molecule has 0 saturated carbocycles. The number of carbonyl (C=O) groups is 1. The molecule has 0 bridgehead atoms. The fourth-order valence-electron chi connectivity index (χ4n) is 2.46. The van der Waals surface area contributed by atoms with Gasteiger partial charge < -0.3 is 15.1 Å². The second-order valence-corrected chi connectivity index (χ2v) is 7.77. The van der Waals surface area contributed by atoms with Crippen LogP contribution in [0.2, 0.25) is 5.02 Å². The molecule has 28 heavy (non-hydrogen) atoms. The van der Waals surface area contributed by atoms with Crippen LogP contribution in [0.25, 0.3) is 10.3 Å². The zero-order valence-electron chi connectivity index (χ0n) is 15.7. The van der Waals surface area contributed by atoms with Gasteiger partial charge in [-0.25, -0.2) is 19.2 Å². The van der Waals surface area contributed by atoms with Gasteiger partial charge >= 0.3 is 6.03 Å². The third-order valence-corrected chi connectivity index (χ3v) is 5.04. The quantitative estimate of drug-likeness (QED) is 0.629. The first kappa shape index (κ1) is 20.2. The number of pyridine rings is 1. The number of thiazole rings is 1. The molecule has 3 rings (SSSR count). The number of urea groups is 1. The Hall–Kier alpha value is -2.49. The Labute approximate surface area is 171 Å². The van der Waals surface area contributed by atoms with Crippen LogP contribution in [0.1, 0.15) is 0 Å². The Morgan fingerprint density at radius 1 is 1.21 bits per heavy atom. The van der Waals surface area contributed by atoms with Crippen molar-refractivity contribution in [1.29, 1.82) is 0 Å². The number of rotatable bonds is 6. The minimum Gasteiger partial charge on any atom is -0.337 e. The number of aromatic nitrogens is 2. The van der Waals surface area contributed by atoms with Crippen LogP contribution in [0.3, 0.4) is 0 Å². The Morgan fingerprint density at radius 2 is 2.00 bits per heavy atom. The summed E-state index contributed by atoms with van der Waals surface area (Å²) in [6, 6.07) is 7.70. The zero-order valence-corrected chi connectivity index (χ0v) is 17.2. The van der Waals surface area contributed by atoms with E-state index in [2.05, 4.69) is 20.6 Å². The predicted octanol–water partition coefficient (Wildman–Crippen LogP) is 3.93. The Bertz CT molecular complexity index is 995. The highest BCUT2D eigenvalue weighted by Gasteiger charge is 2.14. The van der Waals surface area contributed by atoms with Gasteiger partial charge in [0.25, 0.3) is 0 Å². The lowest BCUT2D eigenvalue weighted by atomic mass is 10.2. The molecule has 1 aromatic carbocycles. The normalized spacial score (nSPS) is 11.1. The van der Waals surface area contributed by atoms with Crippen molar-refractivity contribution in [2.45, 2.75) is 0 Å². The summed E-state index contributed by atoms with van der Waals surface area (Å²) in [6.07, 6.45) is 0. The van der Waals surface area contributed by atoms with Gasteiger partial charge in [-0.05, 0) is 44.4 Å². The zero-order chi connectivity index (χ0) is 20.3. The maximum Gasteiger partial charge on any atom is 0.321 e. The van der Waals surface area contributed by atoms with Crippen molar-refractivity contribution in [3.63, 3.8) is 0 Å². The smallest absolute Gasteiger partial charge is 0.321 e. The molecule has 0 saturated heterocycles. The van der Waals surface area contributed by atoms with Crippen LogP contribution in [0.4, 0.5) is 25.8 Å². The second-order valence-electron chi connectivity index (χ2n) is 6.35. The molecule has 7 nitrogen and oxygen atoms in total. The second kappa shape index (κ2) is 8.68. The highest BCUT2D eigenvalue weighted by Crippen LogP contribution is 2.30. The van der Waals surface area contributed by atoms with E-state index >= 15 is 0 Å². The molecule has 0 aliphatic rings. The number of fused-ring (bicyclic) bond motifs is 1. The lowest BCUT2D eigenvalue weighted by Crippen LogP contribution is -2.34. The summed E-state index contributed by atoms with van der Waals surface area (Å²) < 4.78 is 14.2. The first-order valence-corrected chi connectivity index (χ1v) is 9.69. The summed E-state index contributed by atoms with van der Waals surface area (Å²) in [7, 11) is 5.59. The lowest BCUT2D eigenvalue weighted by molar-refractivity contribution is 0.250. The van der Waals surface area contributed by atoms with Gasteiger partial charge in [-0.3, -0.25) is 5.32 Å². The summed E-state index contributed by atoms with van der Waals surface area (Å²) in [5.41, 5.74) is 1.02. The molecule has 0 aliphatic heterocycles. The topological polar surface area (TPSA) is 73.4 Å². The minimum absolute atomic E-state index is 0.318. The van der Waals surface area contributed by atoms with Crippen LogP contribution in [0, 0.1) is 5.82 Å². The molecule has 2 N–H and O–H groups in total. The van der Waals surface area contributed by atoms with Crippen molar-refractivity contribution in [3.8, 4) is 0 Å². The molecule has 3 aromatic rings. The number of hydrogen-bond acceptors (Lipinski definition) is 6. The van der Waals surface area contributed by atoms with E-state index in [1.807, 2.05) is 19.0 Å².